The van der Waals surface area contributed by atoms with Crippen molar-refractivity contribution in [2.75, 3.05) is 5.32 Å². The molecular weight excluding hydrogens is 326 g/mol. The normalized spacial score (nSPS) is 10.6. The summed E-state index contributed by atoms with van der Waals surface area (Å²) in [6.45, 7) is 4.21. The summed E-state index contributed by atoms with van der Waals surface area (Å²) < 4.78 is 2.58. The lowest BCUT2D eigenvalue weighted by molar-refractivity contribution is 0.0697. The first-order valence-corrected chi connectivity index (χ1v) is 6.81. The first-order valence-electron chi connectivity index (χ1n) is 6.02. The molecule has 0 aliphatic carbocycles. The van der Waals surface area contributed by atoms with Crippen molar-refractivity contribution >= 4 is 33.5 Å². The predicted molar refractivity (Wildman–Crippen MR) is 78.2 cm³/mol. The van der Waals surface area contributed by atoms with Crippen molar-refractivity contribution in [3.05, 3.63) is 39.9 Å². The van der Waals surface area contributed by atoms with Crippen LogP contribution in [0.3, 0.4) is 0 Å². The minimum atomic E-state index is -1.08. The van der Waals surface area contributed by atoms with Crippen LogP contribution in [-0.2, 0) is 6.54 Å². The van der Waals surface area contributed by atoms with E-state index in [1.165, 1.54) is 6.20 Å². The first kappa shape index (κ1) is 14.4. The van der Waals surface area contributed by atoms with Crippen molar-refractivity contribution in [1.82, 2.24) is 9.55 Å². The van der Waals surface area contributed by atoms with Gasteiger partial charge in [-0.3, -0.25) is 4.79 Å². The Hall–Kier alpha value is -2.02. The van der Waals surface area contributed by atoms with E-state index in [-0.39, 0.29) is 17.2 Å². The van der Waals surface area contributed by atoms with E-state index in [1.54, 1.807) is 23.8 Å². The van der Waals surface area contributed by atoms with Crippen molar-refractivity contribution in [2.45, 2.75) is 20.4 Å². The van der Waals surface area contributed by atoms with Crippen molar-refractivity contribution < 1.29 is 14.7 Å². The van der Waals surface area contributed by atoms with Gasteiger partial charge in [0.05, 0.1) is 5.69 Å². The molecule has 1 amide bonds. The van der Waals surface area contributed by atoms with Crippen LogP contribution in [0, 0.1) is 6.92 Å². The summed E-state index contributed by atoms with van der Waals surface area (Å²) in [6, 6.07) is 1.69. The van der Waals surface area contributed by atoms with Gasteiger partial charge >= 0.3 is 5.97 Å². The molecule has 0 fully saturated rings. The van der Waals surface area contributed by atoms with Gasteiger partial charge in [-0.15, -0.1) is 0 Å². The molecule has 2 aromatic heterocycles. The molecule has 0 aliphatic rings. The highest BCUT2D eigenvalue weighted by Gasteiger charge is 2.19. The van der Waals surface area contributed by atoms with Crippen LogP contribution >= 0.6 is 15.9 Å². The van der Waals surface area contributed by atoms with Crippen LogP contribution < -0.4 is 5.32 Å². The van der Waals surface area contributed by atoms with Gasteiger partial charge in [0.25, 0.3) is 5.91 Å². The molecule has 20 heavy (non-hydrogen) atoms. The van der Waals surface area contributed by atoms with E-state index in [1.807, 2.05) is 6.92 Å². The molecule has 0 atom stereocenters. The average molecular weight is 340 g/mol. The number of aromatic nitrogens is 2. The maximum absolute atomic E-state index is 12.2. The van der Waals surface area contributed by atoms with Gasteiger partial charge in [0.15, 0.2) is 0 Å². The summed E-state index contributed by atoms with van der Waals surface area (Å²) in [5.41, 5.74) is 1.31. The lowest BCUT2D eigenvalue weighted by Crippen LogP contribution is -2.17. The smallest absolute Gasteiger partial charge is 0.339 e. The molecule has 0 unspecified atom stereocenters. The van der Waals surface area contributed by atoms with Crippen LogP contribution in [0.4, 0.5) is 5.69 Å². The lowest BCUT2D eigenvalue weighted by Gasteiger charge is -2.07. The standard InChI is InChI=1S/C13H14BrN3O3/c1-3-17-6-8(14)4-10(17)12(18)16-9-5-15-7(2)11(9)13(19)20/h4-6,15H,3H2,1-2H3,(H,16,18)(H,19,20). The summed E-state index contributed by atoms with van der Waals surface area (Å²) >= 11 is 3.32. The Bertz CT molecular complexity index is 672. The molecule has 0 spiro atoms. The summed E-state index contributed by atoms with van der Waals surface area (Å²) in [6.07, 6.45) is 3.28. The molecule has 0 bridgehead atoms. The zero-order chi connectivity index (χ0) is 14.9. The topological polar surface area (TPSA) is 87.1 Å². The number of hydrogen-bond acceptors (Lipinski definition) is 2. The van der Waals surface area contributed by atoms with E-state index < -0.39 is 5.97 Å². The van der Waals surface area contributed by atoms with Crippen LogP contribution in [0.25, 0.3) is 0 Å². The highest BCUT2D eigenvalue weighted by Crippen LogP contribution is 2.21. The molecular formula is C13H14BrN3O3. The number of carbonyl (C=O) groups is 2. The lowest BCUT2D eigenvalue weighted by atomic mass is 10.2. The number of nitrogens with one attached hydrogen (secondary N) is 2. The van der Waals surface area contributed by atoms with Gasteiger partial charge in [0.1, 0.15) is 11.3 Å². The fraction of sp³-hybridized carbons (Fsp3) is 0.231. The van der Waals surface area contributed by atoms with E-state index in [4.69, 9.17) is 5.11 Å². The highest BCUT2D eigenvalue weighted by molar-refractivity contribution is 9.10. The Morgan fingerprint density at radius 1 is 1.50 bits per heavy atom. The Balaban J connectivity index is 2.30. The minimum Gasteiger partial charge on any atom is -0.478 e. The van der Waals surface area contributed by atoms with E-state index in [9.17, 15) is 9.59 Å². The molecule has 0 saturated heterocycles. The third-order valence-corrected chi connectivity index (χ3v) is 3.41. The molecule has 0 radical (unpaired) electrons. The third kappa shape index (κ3) is 2.62. The first-order chi connectivity index (χ1) is 9.43. The van der Waals surface area contributed by atoms with E-state index in [2.05, 4.69) is 26.2 Å². The number of carbonyl (C=O) groups excluding carboxylic acids is 1. The Labute approximate surface area is 123 Å². The molecule has 7 heteroatoms. The zero-order valence-corrected chi connectivity index (χ0v) is 12.6. The molecule has 6 nitrogen and oxygen atoms in total. The highest BCUT2D eigenvalue weighted by atomic mass is 79.9. The summed E-state index contributed by atoms with van der Waals surface area (Å²) in [7, 11) is 0. The summed E-state index contributed by atoms with van der Waals surface area (Å²) in [5.74, 6) is -1.43. The SMILES string of the molecule is CCn1cc(Br)cc1C(=O)Nc1c[nH]c(C)c1C(=O)O. The second-order valence-corrected chi connectivity index (χ2v) is 5.21. The number of H-pyrrole nitrogens is 1. The number of amides is 1. The van der Waals surface area contributed by atoms with Crippen molar-refractivity contribution in [3.8, 4) is 0 Å². The monoisotopic (exact) mass is 339 g/mol. The number of carboxylic acid groups (broad SMARTS) is 1. The number of aromatic carboxylic acids is 1. The predicted octanol–water partition coefficient (Wildman–Crippen LogP) is 2.86. The minimum absolute atomic E-state index is 0.0759. The second-order valence-electron chi connectivity index (χ2n) is 4.29. The number of rotatable bonds is 4. The Morgan fingerprint density at radius 2 is 2.20 bits per heavy atom. The van der Waals surface area contributed by atoms with E-state index in [0.29, 0.717) is 17.9 Å². The van der Waals surface area contributed by atoms with Crippen molar-refractivity contribution in [2.24, 2.45) is 0 Å². The number of hydrogen-bond donors (Lipinski definition) is 3. The Morgan fingerprint density at radius 3 is 2.80 bits per heavy atom. The van der Waals surface area contributed by atoms with Crippen molar-refractivity contribution in [1.29, 1.82) is 0 Å². The quantitative estimate of drug-likeness (QED) is 0.800. The zero-order valence-electron chi connectivity index (χ0n) is 11.0. The number of carboxylic acids is 1. The number of aryl methyl sites for hydroxylation is 2. The van der Waals surface area contributed by atoms with Crippen molar-refractivity contribution in [3.63, 3.8) is 0 Å². The summed E-state index contributed by atoms with van der Waals surface area (Å²) in [4.78, 5) is 26.2. The van der Waals surface area contributed by atoms with Gasteiger partial charge in [-0.05, 0) is 35.8 Å². The van der Waals surface area contributed by atoms with Gasteiger partial charge in [0, 0.05) is 29.1 Å². The number of aromatic amines is 1. The van der Waals surface area contributed by atoms with Crippen LogP contribution in [0.15, 0.2) is 22.9 Å². The fourth-order valence-electron chi connectivity index (χ4n) is 2.01. The number of nitrogens with zero attached hydrogens (tertiary/aromatic N) is 1. The molecule has 2 aromatic rings. The van der Waals surface area contributed by atoms with Gasteiger partial charge in [0.2, 0.25) is 0 Å². The van der Waals surface area contributed by atoms with Gasteiger partial charge in [-0.2, -0.15) is 0 Å². The molecule has 0 aliphatic heterocycles. The molecule has 2 heterocycles. The maximum atomic E-state index is 12.2. The summed E-state index contributed by atoms with van der Waals surface area (Å²) in [5, 5.41) is 11.8. The average Bonchev–Trinajstić information content (AvgIpc) is 2.92. The van der Waals surface area contributed by atoms with Crippen LogP contribution in [0.1, 0.15) is 33.5 Å². The fourth-order valence-corrected chi connectivity index (χ4v) is 2.48. The van der Waals surface area contributed by atoms with E-state index in [0.717, 1.165) is 4.47 Å². The Kier molecular flexibility index (Phi) is 3.99. The molecule has 106 valence electrons. The molecule has 0 aromatic carbocycles. The van der Waals surface area contributed by atoms with Crippen LogP contribution in [0.5, 0.6) is 0 Å². The van der Waals surface area contributed by atoms with Gasteiger partial charge < -0.3 is 20.0 Å². The van der Waals surface area contributed by atoms with E-state index >= 15 is 0 Å². The van der Waals surface area contributed by atoms with Crippen LogP contribution in [-0.4, -0.2) is 26.5 Å². The second kappa shape index (κ2) is 5.54. The maximum Gasteiger partial charge on any atom is 0.339 e. The molecule has 0 saturated carbocycles. The number of halogens is 1. The van der Waals surface area contributed by atoms with Crippen LogP contribution in [0.2, 0.25) is 0 Å². The largest absolute Gasteiger partial charge is 0.478 e. The van der Waals surface area contributed by atoms with Gasteiger partial charge in [-0.25, -0.2) is 4.79 Å². The molecule has 3 N–H and O–H groups in total. The molecule has 2 rings (SSSR count). The number of anilines is 1. The third-order valence-electron chi connectivity index (χ3n) is 2.98. The van der Waals surface area contributed by atoms with Gasteiger partial charge in [-0.1, -0.05) is 0 Å².